The minimum absolute atomic E-state index is 0.000407. The standard InChI is InChI=1S/C22H29N3O3S/c1-6-25(7-2)19(26)14-24(5)22(28)18-12-13-29-21(18)23-20(27)17-10-8-16(9-11-17)15(3)4/h8-13,15H,6-7,14H2,1-5H3,(H,23,27). The molecule has 1 heterocycles. The zero-order valence-corrected chi connectivity index (χ0v) is 18.5. The van der Waals surface area contributed by atoms with Gasteiger partial charge in [0.2, 0.25) is 5.91 Å². The molecule has 0 radical (unpaired) electrons. The van der Waals surface area contributed by atoms with E-state index in [0.29, 0.717) is 35.1 Å². The Morgan fingerprint density at radius 2 is 1.66 bits per heavy atom. The molecule has 0 saturated carbocycles. The van der Waals surface area contributed by atoms with Gasteiger partial charge in [-0.2, -0.15) is 0 Å². The molecule has 1 N–H and O–H groups in total. The molecule has 0 unspecified atom stereocenters. The van der Waals surface area contributed by atoms with E-state index in [4.69, 9.17) is 0 Å². The summed E-state index contributed by atoms with van der Waals surface area (Å²) in [7, 11) is 1.59. The molecule has 0 saturated heterocycles. The van der Waals surface area contributed by atoms with Crippen molar-refractivity contribution in [3.63, 3.8) is 0 Å². The molecule has 2 aromatic rings. The number of benzene rings is 1. The van der Waals surface area contributed by atoms with Crippen molar-refractivity contribution in [2.75, 3.05) is 32.0 Å². The third-order valence-electron chi connectivity index (χ3n) is 4.80. The van der Waals surface area contributed by atoms with Gasteiger partial charge in [0.1, 0.15) is 5.00 Å². The highest BCUT2D eigenvalue weighted by Gasteiger charge is 2.22. The van der Waals surface area contributed by atoms with Crippen LogP contribution >= 0.6 is 11.3 Å². The number of nitrogens with one attached hydrogen (secondary N) is 1. The highest BCUT2D eigenvalue weighted by molar-refractivity contribution is 7.14. The number of likely N-dealkylation sites (N-methyl/N-ethyl adjacent to an activating group) is 2. The molecular formula is C22H29N3O3S. The van der Waals surface area contributed by atoms with Gasteiger partial charge in [0.25, 0.3) is 11.8 Å². The molecule has 6 nitrogen and oxygen atoms in total. The van der Waals surface area contributed by atoms with Gasteiger partial charge in [-0.1, -0.05) is 26.0 Å². The molecule has 2 rings (SSSR count). The third-order valence-corrected chi connectivity index (χ3v) is 5.63. The van der Waals surface area contributed by atoms with Gasteiger partial charge in [-0.25, -0.2) is 0 Å². The van der Waals surface area contributed by atoms with Gasteiger partial charge in [-0.3, -0.25) is 14.4 Å². The average molecular weight is 416 g/mol. The van der Waals surface area contributed by atoms with Crippen LogP contribution in [0, 0.1) is 0 Å². The van der Waals surface area contributed by atoms with Crippen LogP contribution in [-0.4, -0.2) is 54.2 Å². The molecule has 7 heteroatoms. The predicted molar refractivity (Wildman–Crippen MR) is 118 cm³/mol. The number of rotatable bonds is 8. The maximum atomic E-state index is 12.8. The molecule has 0 aliphatic heterocycles. The smallest absolute Gasteiger partial charge is 0.257 e. The topological polar surface area (TPSA) is 69.7 Å². The fourth-order valence-electron chi connectivity index (χ4n) is 2.93. The van der Waals surface area contributed by atoms with Crippen LogP contribution in [0.4, 0.5) is 5.00 Å². The maximum absolute atomic E-state index is 12.8. The lowest BCUT2D eigenvalue weighted by atomic mass is 10.0. The van der Waals surface area contributed by atoms with E-state index in [-0.39, 0.29) is 24.3 Å². The van der Waals surface area contributed by atoms with Crippen LogP contribution in [0.3, 0.4) is 0 Å². The highest BCUT2D eigenvalue weighted by atomic mass is 32.1. The van der Waals surface area contributed by atoms with Crippen molar-refractivity contribution >= 4 is 34.1 Å². The van der Waals surface area contributed by atoms with Crippen LogP contribution < -0.4 is 5.32 Å². The summed E-state index contributed by atoms with van der Waals surface area (Å²) in [6, 6.07) is 9.12. The molecule has 156 valence electrons. The molecule has 0 fully saturated rings. The first-order chi connectivity index (χ1) is 13.8. The zero-order valence-electron chi connectivity index (χ0n) is 17.7. The van der Waals surface area contributed by atoms with Crippen LogP contribution in [0.2, 0.25) is 0 Å². The van der Waals surface area contributed by atoms with E-state index in [1.807, 2.05) is 26.0 Å². The van der Waals surface area contributed by atoms with Crippen molar-refractivity contribution in [1.82, 2.24) is 9.80 Å². The van der Waals surface area contributed by atoms with Gasteiger partial charge in [0.15, 0.2) is 0 Å². The van der Waals surface area contributed by atoms with Gasteiger partial charge < -0.3 is 15.1 Å². The van der Waals surface area contributed by atoms with Crippen LogP contribution in [0.15, 0.2) is 35.7 Å². The van der Waals surface area contributed by atoms with E-state index in [0.717, 1.165) is 5.56 Å². The molecule has 1 aromatic carbocycles. The molecule has 0 aliphatic carbocycles. The SMILES string of the molecule is CCN(CC)C(=O)CN(C)C(=O)c1ccsc1NC(=O)c1ccc(C(C)C)cc1. The van der Waals surface area contributed by atoms with E-state index in [2.05, 4.69) is 19.2 Å². The van der Waals surface area contributed by atoms with Crippen LogP contribution in [0.25, 0.3) is 0 Å². The maximum Gasteiger partial charge on any atom is 0.257 e. The second kappa shape index (κ2) is 10.2. The molecular weight excluding hydrogens is 386 g/mol. The molecule has 0 aliphatic rings. The van der Waals surface area contributed by atoms with Crippen LogP contribution in [0.1, 0.15) is 59.9 Å². The summed E-state index contributed by atoms with van der Waals surface area (Å²) in [5.74, 6) is -0.268. The third kappa shape index (κ3) is 5.67. The van der Waals surface area contributed by atoms with E-state index in [1.165, 1.54) is 16.2 Å². The largest absolute Gasteiger partial charge is 0.342 e. The Morgan fingerprint density at radius 1 is 1.03 bits per heavy atom. The first-order valence-corrected chi connectivity index (χ1v) is 10.7. The minimum Gasteiger partial charge on any atom is -0.342 e. The van der Waals surface area contributed by atoms with Gasteiger partial charge >= 0.3 is 0 Å². The summed E-state index contributed by atoms with van der Waals surface area (Å²) < 4.78 is 0. The number of amides is 3. The number of hydrogen-bond donors (Lipinski definition) is 1. The van der Waals surface area contributed by atoms with E-state index in [9.17, 15) is 14.4 Å². The van der Waals surface area contributed by atoms with E-state index >= 15 is 0 Å². The Labute approximate surface area is 176 Å². The lowest BCUT2D eigenvalue weighted by molar-refractivity contribution is -0.131. The number of nitrogens with zero attached hydrogens (tertiary/aromatic N) is 2. The van der Waals surface area contributed by atoms with Gasteiger partial charge in [0.05, 0.1) is 12.1 Å². The van der Waals surface area contributed by atoms with Gasteiger partial charge in [0, 0.05) is 25.7 Å². The average Bonchev–Trinajstić information content (AvgIpc) is 3.16. The lowest BCUT2D eigenvalue weighted by Gasteiger charge is -2.23. The Balaban J connectivity index is 2.08. The van der Waals surface area contributed by atoms with Crippen molar-refractivity contribution in [2.45, 2.75) is 33.6 Å². The fraction of sp³-hybridized carbons (Fsp3) is 0.409. The van der Waals surface area contributed by atoms with Crippen LogP contribution in [-0.2, 0) is 4.79 Å². The first-order valence-electron chi connectivity index (χ1n) is 9.80. The Morgan fingerprint density at radius 3 is 2.21 bits per heavy atom. The Kier molecular flexibility index (Phi) is 7.96. The van der Waals surface area contributed by atoms with Crippen LogP contribution in [0.5, 0.6) is 0 Å². The molecule has 1 aromatic heterocycles. The monoisotopic (exact) mass is 415 g/mol. The summed E-state index contributed by atoms with van der Waals surface area (Å²) in [4.78, 5) is 40.7. The number of thiophene rings is 1. The summed E-state index contributed by atoms with van der Waals surface area (Å²) in [6.45, 7) is 9.22. The van der Waals surface area contributed by atoms with Gasteiger partial charge in [-0.15, -0.1) is 11.3 Å². The first kappa shape index (κ1) is 22.6. The fourth-order valence-corrected chi connectivity index (χ4v) is 3.70. The molecule has 3 amide bonds. The van der Waals surface area contributed by atoms with Crippen molar-refractivity contribution in [3.05, 3.63) is 52.4 Å². The van der Waals surface area contributed by atoms with E-state index in [1.54, 1.807) is 35.5 Å². The summed E-state index contributed by atoms with van der Waals surface area (Å²) >= 11 is 1.29. The molecule has 0 atom stereocenters. The minimum atomic E-state index is -0.294. The second-order valence-corrected chi connectivity index (χ2v) is 8.04. The normalized spacial score (nSPS) is 10.7. The number of carbonyl (C=O) groups excluding carboxylic acids is 3. The number of carbonyl (C=O) groups is 3. The Hall–Kier alpha value is -2.67. The van der Waals surface area contributed by atoms with Crippen molar-refractivity contribution in [2.24, 2.45) is 0 Å². The Bertz CT molecular complexity index is 854. The zero-order chi connectivity index (χ0) is 21.6. The summed E-state index contributed by atoms with van der Waals surface area (Å²) in [5, 5.41) is 5.06. The molecule has 29 heavy (non-hydrogen) atoms. The molecule has 0 spiro atoms. The van der Waals surface area contributed by atoms with Gasteiger partial charge in [-0.05, 0) is 48.9 Å². The highest BCUT2D eigenvalue weighted by Crippen LogP contribution is 2.25. The number of anilines is 1. The summed E-state index contributed by atoms with van der Waals surface area (Å²) in [6.07, 6.45) is 0. The van der Waals surface area contributed by atoms with Crippen molar-refractivity contribution in [3.8, 4) is 0 Å². The predicted octanol–water partition coefficient (Wildman–Crippen LogP) is 4.06. The summed E-state index contributed by atoms with van der Waals surface area (Å²) in [5.41, 5.74) is 2.08. The lowest BCUT2D eigenvalue weighted by Crippen LogP contribution is -2.41. The van der Waals surface area contributed by atoms with E-state index < -0.39 is 0 Å². The quantitative estimate of drug-likeness (QED) is 0.707. The van der Waals surface area contributed by atoms with Crippen molar-refractivity contribution < 1.29 is 14.4 Å². The number of hydrogen-bond acceptors (Lipinski definition) is 4. The molecule has 0 bridgehead atoms. The second-order valence-electron chi connectivity index (χ2n) is 7.12. The van der Waals surface area contributed by atoms with Crippen molar-refractivity contribution in [1.29, 1.82) is 0 Å².